The molecule has 2 aromatic carbocycles. The summed E-state index contributed by atoms with van der Waals surface area (Å²) in [5, 5.41) is 0. The Hall–Kier alpha value is -1.22. The molecule has 0 spiro atoms. The van der Waals surface area contributed by atoms with Gasteiger partial charge in [-0.15, -0.1) is 0 Å². The van der Waals surface area contributed by atoms with E-state index in [0.717, 1.165) is 29.7 Å². The number of hydrogen-bond donors (Lipinski definition) is 0. The molecule has 3 heteroatoms. The number of halogens is 3. The Morgan fingerprint density at radius 3 is 2.50 bits per heavy atom. The topological polar surface area (TPSA) is 0 Å². The number of hydrogen-bond acceptors (Lipinski definition) is 0. The van der Waals surface area contributed by atoms with Crippen molar-refractivity contribution in [2.75, 3.05) is 0 Å². The van der Waals surface area contributed by atoms with E-state index < -0.39 is 11.6 Å². The molecule has 0 saturated heterocycles. The summed E-state index contributed by atoms with van der Waals surface area (Å²) in [5.74, 6) is -0.825. The summed E-state index contributed by atoms with van der Waals surface area (Å²) in [5.41, 5.74) is 2.43. The predicted molar refractivity (Wildman–Crippen MR) is 72.9 cm³/mol. The van der Waals surface area contributed by atoms with E-state index in [2.05, 4.69) is 15.9 Å². The van der Waals surface area contributed by atoms with Crippen LogP contribution in [0, 0.1) is 11.6 Å². The van der Waals surface area contributed by atoms with Crippen molar-refractivity contribution >= 4 is 15.9 Å². The zero-order valence-corrected chi connectivity index (χ0v) is 11.5. The number of benzene rings is 2. The third-order valence-electron chi connectivity index (χ3n) is 2.94. The van der Waals surface area contributed by atoms with Crippen molar-refractivity contribution in [2.24, 2.45) is 0 Å². The van der Waals surface area contributed by atoms with Crippen LogP contribution in [0.25, 0.3) is 0 Å². The van der Waals surface area contributed by atoms with Crippen LogP contribution in [0.2, 0.25) is 0 Å². The van der Waals surface area contributed by atoms with Crippen LogP contribution in [0.15, 0.2) is 42.5 Å². The van der Waals surface area contributed by atoms with E-state index in [1.165, 1.54) is 6.07 Å². The van der Waals surface area contributed by atoms with Gasteiger partial charge in [0.1, 0.15) is 11.6 Å². The average molecular weight is 311 g/mol. The maximum atomic E-state index is 13.7. The van der Waals surface area contributed by atoms with Crippen LogP contribution in [0.3, 0.4) is 0 Å². The lowest BCUT2D eigenvalue weighted by Gasteiger charge is -2.15. The first kappa shape index (κ1) is 13.2. The van der Waals surface area contributed by atoms with Crippen LogP contribution in [0.1, 0.15) is 28.4 Å². The van der Waals surface area contributed by atoms with Gasteiger partial charge in [0.15, 0.2) is 0 Å². The third kappa shape index (κ3) is 2.61. The third-order valence-corrected chi connectivity index (χ3v) is 3.93. The number of alkyl halides is 1. The van der Waals surface area contributed by atoms with Gasteiger partial charge in [0.05, 0.1) is 4.83 Å². The molecule has 2 rings (SSSR count). The monoisotopic (exact) mass is 310 g/mol. The van der Waals surface area contributed by atoms with Crippen LogP contribution in [0.4, 0.5) is 8.78 Å². The Balaban J connectivity index is 2.47. The summed E-state index contributed by atoms with van der Waals surface area (Å²) in [6, 6.07) is 11.3. The van der Waals surface area contributed by atoms with Crippen LogP contribution in [-0.2, 0) is 6.42 Å². The SMILES string of the molecule is CCc1ccccc1C(Br)c1cc(F)ccc1F. The molecule has 0 saturated carbocycles. The maximum Gasteiger partial charge on any atom is 0.128 e. The van der Waals surface area contributed by atoms with Gasteiger partial charge in [0.2, 0.25) is 0 Å². The lowest BCUT2D eigenvalue weighted by molar-refractivity contribution is 0.588. The Morgan fingerprint density at radius 1 is 1.06 bits per heavy atom. The van der Waals surface area contributed by atoms with Gasteiger partial charge in [-0.1, -0.05) is 47.1 Å². The maximum absolute atomic E-state index is 13.7. The second kappa shape index (κ2) is 5.61. The van der Waals surface area contributed by atoms with Gasteiger partial charge < -0.3 is 0 Å². The van der Waals surface area contributed by atoms with E-state index in [9.17, 15) is 8.78 Å². The summed E-state index contributed by atoms with van der Waals surface area (Å²) in [7, 11) is 0. The first-order chi connectivity index (χ1) is 8.63. The Labute approximate surface area is 114 Å². The lowest BCUT2D eigenvalue weighted by Crippen LogP contribution is -2.01. The quantitative estimate of drug-likeness (QED) is 0.699. The Kier molecular flexibility index (Phi) is 4.12. The van der Waals surface area contributed by atoms with Gasteiger partial charge in [0, 0.05) is 5.56 Å². The first-order valence-corrected chi connectivity index (χ1v) is 6.72. The summed E-state index contributed by atoms with van der Waals surface area (Å²) in [6.45, 7) is 2.04. The lowest BCUT2D eigenvalue weighted by atomic mass is 9.98. The van der Waals surface area contributed by atoms with Crippen molar-refractivity contribution in [2.45, 2.75) is 18.2 Å². The molecule has 0 aliphatic rings. The molecule has 18 heavy (non-hydrogen) atoms. The van der Waals surface area contributed by atoms with E-state index in [1.54, 1.807) is 0 Å². The fourth-order valence-electron chi connectivity index (χ4n) is 1.98. The molecule has 94 valence electrons. The molecule has 0 bridgehead atoms. The largest absolute Gasteiger partial charge is 0.207 e. The first-order valence-electron chi connectivity index (χ1n) is 5.80. The molecule has 1 atom stereocenters. The highest BCUT2D eigenvalue weighted by atomic mass is 79.9. The van der Waals surface area contributed by atoms with Crippen molar-refractivity contribution in [3.8, 4) is 0 Å². The molecule has 0 aromatic heterocycles. The average Bonchev–Trinajstić information content (AvgIpc) is 2.40. The van der Waals surface area contributed by atoms with Gasteiger partial charge in [-0.05, 0) is 35.7 Å². The van der Waals surface area contributed by atoms with Crippen LogP contribution >= 0.6 is 15.9 Å². The minimum Gasteiger partial charge on any atom is -0.207 e. The zero-order chi connectivity index (χ0) is 13.1. The standard InChI is InChI=1S/C15H13BrF2/c1-2-10-5-3-4-6-12(10)15(16)13-9-11(17)7-8-14(13)18/h3-9,15H,2H2,1H3. The van der Waals surface area contributed by atoms with E-state index in [1.807, 2.05) is 31.2 Å². The molecule has 0 aliphatic carbocycles. The molecule has 0 N–H and O–H groups in total. The van der Waals surface area contributed by atoms with Crippen molar-refractivity contribution in [1.29, 1.82) is 0 Å². The minimum atomic E-state index is -0.426. The minimum absolute atomic E-state index is 0.329. The molecule has 0 nitrogen and oxygen atoms in total. The molecular weight excluding hydrogens is 298 g/mol. The summed E-state index contributed by atoms with van der Waals surface area (Å²) < 4.78 is 27.0. The van der Waals surface area contributed by atoms with E-state index >= 15 is 0 Å². The molecule has 0 amide bonds. The second-order valence-electron chi connectivity index (χ2n) is 4.08. The molecule has 0 fully saturated rings. The van der Waals surface area contributed by atoms with Crippen molar-refractivity contribution in [3.63, 3.8) is 0 Å². The number of aryl methyl sites for hydroxylation is 1. The molecule has 0 aliphatic heterocycles. The van der Waals surface area contributed by atoms with Gasteiger partial charge >= 0.3 is 0 Å². The fraction of sp³-hybridized carbons (Fsp3) is 0.200. The van der Waals surface area contributed by atoms with Crippen LogP contribution < -0.4 is 0 Å². The van der Waals surface area contributed by atoms with E-state index in [4.69, 9.17) is 0 Å². The highest BCUT2D eigenvalue weighted by molar-refractivity contribution is 9.09. The van der Waals surface area contributed by atoms with E-state index in [0.29, 0.717) is 5.56 Å². The van der Waals surface area contributed by atoms with Gasteiger partial charge in [-0.3, -0.25) is 0 Å². The molecule has 0 radical (unpaired) electrons. The van der Waals surface area contributed by atoms with Gasteiger partial charge in [-0.25, -0.2) is 8.78 Å². The Morgan fingerprint density at radius 2 is 1.78 bits per heavy atom. The molecule has 1 unspecified atom stereocenters. The van der Waals surface area contributed by atoms with Crippen LogP contribution in [-0.4, -0.2) is 0 Å². The van der Waals surface area contributed by atoms with Crippen molar-refractivity contribution in [3.05, 3.63) is 70.8 Å². The van der Waals surface area contributed by atoms with Gasteiger partial charge in [-0.2, -0.15) is 0 Å². The normalized spacial score (nSPS) is 12.4. The second-order valence-corrected chi connectivity index (χ2v) is 5.00. The smallest absolute Gasteiger partial charge is 0.128 e. The highest BCUT2D eigenvalue weighted by Gasteiger charge is 2.17. The Bertz CT molecular complexity index is 552. The van der Waals surface area contributed by atoms with Crippen molar-refractivity contribution < 1.29 is 8.78 Å². The van der Waals surface area contributed by atoms with Crippen LogP contribution in [0.5, 0.6) is 0 Å². The summed E-state index contributed by atoms with van der Waals surface area (Å²) in [6.07, 6.45) is 0.856. The fourth-order valence-corrected chi connectivity index (χ4v) is 2.78. The highest BCUT2D eigenvalue weighted by Crippen LogP contribution is 2.34. The summed E-state index contributed by atoms with van der Waals surface area (Å²) in [4.78, 5) is -0.329. The van der Waals surface area contributed by atoms with Gasteiger partial charge in [0.25, 0.3) is 0 Å². The molecule has 0 heterocycles. The van der Waals surface area contributed by atoms with Crippen molar-refractivity contribution in [1.82, 2.24) is 0 Å². The summed E-state index contributed by atoms with van der Waals surface area (Å²) >= 11 is 3.46. The number of rotatable bonds is 3. The molecule has 2 aromatic rings. The van der Waals surface area contributed by atoms with E-state index in [-0.39, 0.29) is 4.83 Å². The zero-order valence-electron chi connectivity index (χ0n) is 9.96. The predicted octanol–water partition coefficient (Wildman–Crippen LogP) is 5.01. The molecular formula is C15H13BrF2.